The Morgan fingerprint density at radius 1 is 1.77 bits per heavy atom. The van der Waals surface area contributed by atoms with Crippen molar-refractivity contribution in [3.8, 4) is 0 Å². The van der Waals surface area contributed by atoms with Crippen molar-refractivity contribution in [1.82, 2.24) is 10.1 Å². The molecule has 0 spiro atoms. The third kappa shape index (κ3) is 1.25. The van der Waals surface area contributed by atoms with Gasteiger partial charge in [-0.1, -0.05) is 5.16 Å². The van der Waals surface area contributed by atoms with Crippen LogP contribution in [0.25, 0.3) is 0 Å². The summed E-state index contributed by atoms with van der Waals surface area (Å²) in [7, 11) is 0. The number of cyclic esters (lactones) is 1. The first-order valence-corrected chi connectivity index (χ1v) is 3.86. The van der Waals surface area contributed by atoms with Gasteiger partial charge in [0.2, 0.25) is 0 Å². The van der Waals surface area contributed by atoms with Crippen molar-refractivity contribution in [3.05, 3.63) is 18.0 Å². The van der Waals surface area contributed by atoms with Crippen LogP contribution in [0, 0.1) is 0 Å². The molecule has 2 heterocycles. The Morgan fingerprint density at radius 3 is 3.23 bits per heavy atom. The predicted octanol–water partition coefficient (Wildman–Crippen LogP) is 0.0841. The first-order valence-electron chi connectivity index (χ1n) is 3.86. The number of hydrogen-bond donors (Lipinski definition) is 1. The lowest BCUT2D eigenvalue weighted by atomic mass is 10.2. The van der Waals surface area contributed by atoms with Crippen LogP contribution in [0.3, 0.4) is 0 Å². The monoisotopic (exact) mass is 183 g/mol. The molecule has 0 aromatic carbocycles. The lowest BCUT2D eigenvalue weighted by molar-refractivity contribution is 0.158. The van der Waals surface area contributed by atoms with Gasteiger partial charge >= 0.3 is 6.09 Å². The quantitative estimate of drug-likeness (QED) is 0.702. The number of carbonyl (C=O) groups is 1. The Balaban J connectivity index is 2.21. The zero-order chi connectivity index (χ0) is 9.26. The molecule has 6 heteroatoms. The van der Waals surface area contributed by atoms with Gasteiger partial charge in [0.25, 0.3) is 0 Å². The second-order valence-electron chi connectivity index (χ2n) is 2.67. The van der Waals surface area contributed by atoms with Gasteiger partial charge in [0.15, 0.2) is 0 Å². The molecule has 1 aromatic heterocycles. The molecule has 1 unspecified atom stereocenters. The van der Waals surface area contributed by atoms with Crippen LogP contribution in [0.2, 0.25) is 0 Å². The number of ether oxygens (including phenoxy) is 1. The van der Waals surface area contributed by atoms with E-state index >= 15 is 0 Å². The van der Waals surface area contributed by atoms with E-state index in [1.54, 1.807) is 6.07 Å². The summed E-state index contributed by atoms with van der Waals surface area (Å²) in [6, 6.07) is 1.48. The molecule has 1 saturated heterocycles. The molecule has 0 saturated carbocycles. The van der Waals surface area contributed by atoms with Crippen LogP contribution in [-0.2, 0) is 4.74 Å². The van der Waals surface area contributed by atoms with Crippen LogP contribution in [-0.4, -0.2) is 29.4 Å². The average molecular weight is 183 g/mol. The van der Waals surface area contributed by atoms with Gasteiger partial charge in [-0.2, -0.15) is 0 Å². The van der Waals surface area contributed by atoms with E-state index in [0.717, 1.165) is 0 Å². The Labute approximate surface area is 74.2 Å². The van der Waals surface area contributed by atoms with Crippen LogP contribution in [0.5, 0.6) is 0 Å². The van der Waals surface area contributed by atoms with E-state index in [0.29, 0.717) is 5.69 Å². The topological polar surface area (TPSA) is 81.6 Å². The number of nitrogens with zero attached hydrogens (tertiary/aromatic N) is 2. The van der Waals surface area contributed by atoms with E-state index in [2.05, 4.69) is 9.68 Å². The lowest BCUT2D eigenvalue weighted by Gasteiger charge is -2.16. The molecule has 0 radical (unpaired) electrons. The molecular formula is C7H9N3O3. The highest BCUT2D eigenvalue weighted by Crippen LogP contribution is 2.24. The summed E-state index contributed by atoms with van der Waals surface area (Å²) in [5.74, 6) is 0. The minimum atomic E-state index is -0.407. The summed E-state index contributed by atoms with van der Waals surface area (Å²) in [6.45, 7) is 0.402. The summed E-state index contributed by atoms with van der Waals surface area (Å²) in [5.41, 5.74) is 6.05. The van der Waals surface area contributed by atoms with Gasteiger partial charge in [-0.05, 0) is 0 Å². The molecule has 1 amide bonds. The van der Waals surface area contributed by atoms with Gasteiger partial charge in [-0.15, -0.1) is 0 Å². The SMILES string of the molecule is NCN1C(=O)OCC1c1ccon1. The number of hydrogen-bond acceptors (Lipinski definition) is 5. The third-order valence-electron chi connectivity index (χ3n) is 1.97. The van der Waals surface area contributed by atoms with Gasteiger partial charge in [0.05, 0.1) is 6.67 Å². The predicted molar refractivity (Wildman–Crippen MR) is 41.5 cm³/mol. The molecule has 13 heavy (non-hydrogen) atoms. The minimum absolute atomic E-state index is 0.121. The molecular weight excluding hydrogens is 174 g/mol. The molecule has 2 rings (SSSR count). The number of amides is 1. The highest BCUT2D eigenvalue weighted by molar-refractivity contribution is 5.70. The molecule has 0 aliphatic carbocycles. The van der Waals surface area contributed by atoms with Gasteiger partial charge in [0.1, 0.15) is 24.6 Å². The Kier molecular flexibility index (Phi) is 1.90. The van der Waals surface area contributed by atoms with Crippen molar-refractivity contribution < 1.29 is 14.1 Å². The smallest absolute Gasteiger partial charge is 0.411 e. The van der Waals surface area contributed by atoms with Crippen molar-refractivity contribution in [2.24, 2.45) is 5.73 Å². The van der Waals surface area contributed by atoms with Gasteiger partial charge in [-0.3, -0.25) is 4.90 Å². The van der Waals surface area contributed by atoms with E-state index in [1.165, 1.54) is 11.2 Å². The first-order chi connectivity index (χ1) is 6.33. The van der Waals surface area contributed by atoms with Crippen molar-refractivity contribution in [2.45, 2.75) is 6.04 Å². The molecule has 2 N–H and O–H groups in total. The standard InChI is InChI=1S/C7H9N3O3/c8-4-10-6(3-12-7(10)11)5-1-2-13-9-5/h1-2,6H,3-4,8H2. The summed E-state index contributed by atoms with van der Waals surface area (Å²) in [4.78, 5) is 12.5. The molecule has 1 aliphatic rings. The highest BCUT2D eigenvalue weighted by Gasteiger charge is 2.34. The largest absolute Gasteiger partial charge is 0.447 e. The van der Waals surface area contributed by atoms with E-state index in [9.17, 15) is 4.79 Å². The first kappa shape index (κ1) is 8.06. The molecule has 1 aromatic rings. The Bertz CT molecular complexity index is 298. The second-order valence-corrected chi connectivity index (χ2v) is 2.67. The number of carbonyl (C=O) groups excluding carboxylic acids is 1. The molecule has 1 atom stereocenters. The zero-order valence-electron chi connectivity index (χ0n) is 6.84. The molecule has 1 aliphatic heterocycles. The summed E-state index contributed by atoms with van der Waals surface area (Å²) in [5, 5.41) is 3.73. The van der Waals surface area contributed by atoms with Crippen LogP contribution in [0.4, 0.5) is 4.79 Å². The van der Waals surface area contributed by atoms with Crippen molar-refractivity contribution in [2.75, 3.05) is 13.3 Å². The summed E-state index contributed by atoms with van der Waals surface area (Å²) < 4.78 is 9.49. The summed E-state index contributed by atoms with van der Waals surface area (Å²) in [6.07, 6.45) is 1.04. The lowest BCUT2D eigenvalue weighted by Crippen LogP contribution is -2.33. The normalized spacial score (nSPS) is 22.1. The third-order valence-corrected chi connectivity index (χ3v) is 1.97. The number of rotatable bonds is 2. The molecule has 0 bridgehead atoms. The van der Waals surface area contributed by atoms with E-state index in [1.807, 2.05) is 0 Å². The second kappa shape index (κ2) is 3.06. The fourth-order valence-electron chi connectivity index (χ4n) is 1.29. The fraction of sp³-hybridized carbons (Fsp3) is 0.429. The highest BCUT2D eigenvalue weighted by atomic mass is 16.6. The zero-order valence-corrected chi connectivity index (χ0v) is 6.84. The number of nitrogens with two attached hydrogens (primary N) is 1. The van der Waals surface area contributed by atoms with Crippen LogP contribution in [0.15, 0.2) is 16.9 Å². The maximum absolute atomic E-state index is 11.1. The minimum Gasteiger partial charge on any atom is -0.447 e. The maximum Gasteiger partial charge on any atom is 0.411 e. The molecule has 70 valence electrons. The van der Waals surface area contributed by atoms with Gasteiger partial charge in [0, 0.05) is 6.07 Å². The van der Waals surface area contributed by atoms with Crippen molar-refractivity contribution >= 4 is 6.09 Å². The molecule has 1 fully saturated rings. The van der Waals surface area contributed by atoms with Gasteiger partial charge in [-0.25, -0.2) is 4.79 Å². The number of aromatic nitrogens is 1. The Morgan fingerprint density at radius 2 is 2.62 bits per heavy atom. The van der Waals surface area contributed by atoms with Crippen molar-refractivity contribution in [1.29, 1.82) is 0 Å². The van der Waals surface area contributed by atoms with Crippen LogP contribution < -0.4 is 5.73 Å². The summed E-state index contributed by atoms with van der Waals surface area (Å²) >= 11 is 0. The maximum atomic E-state index is 11.1. The van der Waals surface area contributed by atoms with E-state index in [4.69, 9.17) is 10.5 Å². The Hall–Kier alpha value is -1.56. The molecule has 6 nitrogen and oxygen atoms in total. The van der Waals surface area contributed by atoms with Gasteiger partial charge < -0.3 is 15.0 Å². The van der Waals surface area contributed by atoms with E-state index < -0.39 is 6.09 Å². The fourth-order valence-corrected chi connectivity index (χ4v) is 1.29. The van der Waals surface area contributed by atoms with Crippen LogP contribution in [0.1, 0.15) is 11.7 Å². The van der Waals surface area contributed by atoms with Crippen molar-refractivity contribution in [3.63, 3.8) is 0 Å². The van der Waals surface area contributed by atoms with Crippen LogP contribution >= 0.6 is 0 Å². The van der Waals surface area contributed by atoms with E-state index in [-0.39, 0.29) is 19.3 Å². The average Bonchev–Trinajstić information content (AvgIpc) is 2.71.